The van der Waals surface area contributed by atoms with Gasteiger partial charge in [-0.3, -0.25) is 14.5 Å². The van der Waals surface area contributed by atoms with Crippen molar-refractivity contribution in [1.29, 1.82) is 0 Å². The number of anilines is 1. The van der Waals surface area contributed by atoms with Gasteiger partial charge in [-0.1, -0.05) is 17.7 Å². The van der Waals surface area contributed by atoms with Crippen LogP contribution in [0.5, 0.6) is 0 Å². The highest BCUT2D eigenvalue weighted by Gasteiger charge is 2.15. The molecule has 1 saturated heterocycles. The number of β-amino-alcohol motifs (C(OH)–C–C–N with tert-alkyl or cyclic N) is 1. The zero-order valence-corrected chi connectivity index (χ0v) is 15.9. The summed E-state index contributed by atoms with van der Waals surface area (Å²) in [6.07, 6.45) is -0.605. The van der Waals surface area contributed by atoms with E-state index in [1.807, 2.05) is 31.2 Å². The lowest BCUT2D eigenvalue weighted by Gasteiger charge is -2.28. The van der Waals surface area contributed by atoms with Crippen molar-refractivity contribution in [2.24, 2.45) is 0 Å². The highest BCUT2D eigenvalue weighted by molar-refractivity contribution is 8.00. The second kappa shape index (κ2) is 11.2. The lowest BCUT2D eigenvalue weighted by molar-refractivity contribution is -0.119. The van der Waals surface area contributed by atoms with Crippen LogP contribution in [0.15, 0.2) is 24.3 Å². The summed E-state index contributed by atoms with van der Waals surface area (Å²) in [7, 11) is 0. The molecule has 0 aliphatic carbocycles. The molecule has 0 radical (unpaired) electrons. The molecule has 26 heavy (non-hydrogen) atoms. The fourth-order valence-electron chi connectivity index (χ4n) is 2.50. The minimum absolute atomic E-state index is 0.140. The van der Waals surface area contributed by atoms with E-state index in [4.69, 9.17) is 4.74 Å². The Hall–Kier alpha value is -1.61. The molecule has 1 aromatic carbocycles. The van der Waals surface area contributed by atoms with Gasteiger partial charge in [0.05, 0.1) is 30.8 Å². The number of aliphatic hydroxyl groups excluding tert-OH is 1. The van der Waals surface area contributed by atoms with Crippen LogP contribution in [0, 0.1) is 6.92 Å². The summed E-state index contributed by atoms with van der Waals surface area (Å²) in [5.74, 6) is 0.0709. The smallest absolute Gasteiger partial charge is 0.234 e. The number of nitrogens with zero attached hydrogens (tertiary/aromatic N) is 1. The Morgan fingerprint density at radius 3 is 2.54 bits per heavy atom. The van der Waals surface area contributed by atoms with Crippen LogP contribution in [0.4, 0.5) is 5.69 Å². The molecule has 2 amide bonds. The summed E-state index contributed by atoms with van der Waals surface area (Å²) in [6.45, 7) is 5.69. The molecule has 0 bridgehead atoms. The molecule has 0 spiro atoms. The maximum Gasteiger partial charge on any atom is 0.234 e. The summed E-state index contributed by atoms with van der Waals surface area (Å²) in [4.78, 5) is 25.8. The number of aliphatic hydroxyl groups is 1. The average Bonchev–Trinajstić information content (AvgIpc) is 2.63. The van der Waals surface area contributed by atoms with Crippen molar-refractivity contribution in [3.8, 4) is 0 Å². The van der Waals surface area contributed by atoms with E-state index >= 15 is 0 Å². The predicted octanol–water partition coefficient (Wildman–Crippen LogP) is 0.476. The monoisotopic (exact) mass is 381 g/mol. The second-order valence-corrected chi connectivity index (χ2v) is 7.26. The fraction of sp³-hybridized carbons (Fsp3) is 0.556. The summed E-state index contributed by atoms with van der Waals surface area (Å²) in [5, 5.41) is 15.5. The number of carbonyl (C=O) groups is 2. The minimum atomic E-state index is -0.605. The highest BCUT2D eigenvalue weighted by atomic mass is 32.2. The zero-order chi connectivity index (χ0) is 18.8. The maximum absolute atomic E-state index is 11.8. The molecule has 2 rings (SSSR count). The van der Waals surface area contributed by atoms with Gasteiger partial charge in [0, 0.05) is 31.9 Å². The Kier molecular flexibility index (Phi) is 8.90. The number of hydrogen-bond donors (Lipinski definition) is 3. The predicted molar refractivity (Wildman–Crippen MR) is 103 cm³/mol. The van der Waals surface area contributed by atoms with Gasteiger partial charge >= 0.3 is 0 Å². The summed E-state index contributed by atoms with van der Waals surface area (Å²) >= 11 is 1.25. The van der Waals surface area contributed by atoms with Gasteiger partial charge in [0.1, 0.15) is 0 Å². The van der Waals surface area contributed by atoms with Gasteiger partial charge in [0.2, 0.25) is 11.8 Å². The van der Waals surface area contributed by atoms with E-state index in [0.29, 0.717) is 19.8 Å². The highest BCUT2D eigenvalue weighted by Crippen LogP contribution is 2.09. The number of rotatable bonds is 9. The minimum Gasteiger partial charge on any atom is -0.390 e. The number of morpholine rings is 1. The molecular weight excluding hydrogens is 354 g/mol. The Balaban J connectivity index is 1.55. The van der Waals surface area contributed by atoms with E-state index in [9.17, 15) is 14.7 Å². The molecule has 7 nitrogen and oxygen atoms in total. The quantitative estimate of drug-likeness (QED) is 0.576. The van der Waals surface area contributed by atoms with Crippen LogP contribution in [0.1, 0.15) is 5.56 Å². The van der Waals surface area contributed by atoms with Crippen LogP contribution in [0.3, 0.4) is 0 Å². The summed E-state index contributed by atoms with van der Waals surface area (Å²) < 4.78 is 5.26. The SMILES string of the molecule is Cc1ccc(NC(=O)CSCC(=O)NC[C@H](O)CN2CCOCC2)cc1. The normalized spacial score (nSPS) is 16.1. The number of nitrogens with one attached hydrogen (secondary N) is 2. The van der Waals surface area contributed by atoms with Crippen molar-refractivity contribution >= 4 is 29.3 Å². The van der Waals surface area contributed by atoms with E-state index in [1.165, 1.54) is 11.8 Å². The fourth-order valence-corrected chi connectivity index (χ4v) is 3.15. The van der Waals surface area contributed by atoms with Gasteiger partial charge < -0.3 is 20.5 Å². The van der Waals surface area contributed by atoms with Crippen LogP contribution >= 0.6 is 11.8 Å². The third kappa shape index (κ3) is 8.18. The first kappa shape index (κ1) is 20.7. The van der Waals surface area contributed by atoms with Crippen molar-refractivity contribution in [3.05, 3.63) is 29.8 Å². The first-order valence-corrected chi connectivity index (χ1v) is 9.87. The average molecular weight is 381 g/mol. The van der Waals surface area contributed by atoms with Gasteiger partial charge in [-0.25, -0.2) is 0 Å². The first-order chi connectivity index (χ1) is 12.5. The third-order valence-corrected chi connectivity index (χ3v) is 4.84. The summed E-state index contributed by atoms with van der Waals surface area (Å²) in [5.41, 5.74) is 1.88. The molecule has 1 atom stereocenters. The van der Waals surface area contributed by atoms with Crippen LogP contribution < -0.4 is 10.6 Å². The standard InChI is InChI=1S/C18H27N3O4S/c1-14-2-4-15(5-3-14)20-18(24)13-26-12-17(23)19-10-16(22)11-21-6-8-25-9-7-21/h2-5,16,22H,6-13H2,1H3,(H,19,23)(H,20,24)/t16-/m0/s1. The van der Waals surface area contributed by atoms with Gasteiger partial charge in [0.25, 0.3) is 0 Å². The lowest BCUT2D eigenvalue weighted by atomic mass is 10.2. The van der Waals surface area contributed by atoms with Crippen LogP contribution in [-0.4, -0.2) is 78.8 Å². The van der Waals surface area contributed by atoms with Crippen molar-refractivity contribution in [1.82, 2.24) is 10.2 Å². The van der Waals surface area contributed by atoms with Crippen LogP contribution in [0.25, 0.3) is 0 Å². The summed E-state index contributed by atoms with van der Waals surface area (Å²) in [6, 6.07) is 7.55. The topological polar surface area (TPSA) is 90.9 Å². The number of aryl methyl sites for hydroxylation is 1. The van der Waals surface area contributed by atoms with Crippen molar-refractivity contribution < 1.29 is 19.4 Å². The molecule has 1 fully saturated rings. The van der Waals surface area contributed by atoms with Crippen molar-refractivity contribution in [2.45, 2.75) is 13.0 Å². The molecule has 8 heteroatoms. The zero-order valence-electron chi connectivity index (χ0n) is 15.1. The Morgan fingerprint density at radius 1 is 1.19 bits per heavy atom. The molecular formula is C18H27N3O4S. The molecule has 1 heterocycles. The molecule has 3 N–H and O–H groups in total. The van der Waals surface area contributed by atoms with E-state index in [1.54, 1.807) is 0 Å². The van der Waals surface area contributed by atoms with Crippen molar-refractivity contribution in [2.75, 3.05) is 56.2 Å². The molecule has 1 aliphatic rings. The van der Waals surface area contributed by atoms with Gasteiger partial charge in [0.15, 0.2) is 0 Å². The number of hydrogen-bond acceptors (Lipinski definition) is 6. The first-order valence-electron chi connectivity index (χ1n) is 8.72. The van der Waals surface area contributed by atoms with Gasteiger partial charge in [-0.05, 0) is 19.1 Å². The van der Waals surface area contributed by atoms with E-state index < -0.39 is 6.10 Å². The molecule has 144 valence electrons. The second-order valence-electron chi connectivity index (χ2n) is 6.28. The molecule has 1 aromatic rings. The van der Waals surface area contributed by atoms with Crippen molar-refractivity contribution in [3.63, 3.8) is 0 Å². The van der Waals surface area contributed by atoms with E-state index in [0.717, 1.165) is 24.3 Å². The largest absolute Gasteiger partial charge is 0.390 e. The number of thioether (sulfide) groups is 1. The van der Waals surface area contributed by atoms with Gasteiger partial charge in [-0.15, -0.1) is 11.8 Å². The molecule has 0 saturated carbocycles. The maximum atomic E-state index is 11.8. The Bertz CT molecular complexity index is 576. The molecule has 1 aliphatic heterocycles. The van der Waals surface area contributed by atoms with E-state index in [2.05, 4.69) is 15.5 Å². The number of ether oxygens (including phenoxy) is 1. The number of amides is 2. The number of carbonyl (C=O) groups excluding carboxylic acids is 2. The molecule has 0 aromatic heterocycles. The van der Waals surface area contributed by atoms with Crippen LogP contribution in [-0.2, 0) is 14.3 Å². The van der Waals surface area contributed by atoms with E-state index in [-0.39, 0.29) is 29.9 Å². The Morgan fingerprint density at radius 2 is 1.85 bits per heavy atom. The lowest BCUT2D eigenvalue weighted by Crippen LogP contribution is -2.44. The third-order valence-electron chi connectivity index (χ3n) is 3.91. The number of benzene rings is 1. The van der Waals surface area contributed by atoms with Crippen LogP contribution in [0.2, 0.25) is 0 Å². The molecule has 0 unspecified atom stereocenters. The van der Waals surface area contributed by atoms with Gasteiger partial charge in [-0.2, -0.15) is 0 Å². The Labute approximate surface area is 158 Å².